The van der Waals surface area contributed by atoms with E-state index in [9.17, 15) is 13.6 Å². The minimum atomic E-state index is -2.55. The van der Waals surface area contributed by atoms with Gasteiger partial charge in [0.15, 0.2) is 0 Å². The molecule has 0 N–H and O–H groups in total. The summed E-state index contributed by atoms with van der Waals surface area (Å²) >= 11 is 1.84. The van der Waals surface area contributed by atoms with Crippen LogP contribution in [0.25, 0.3) is 0 Å². The summed E-state index contributed by atoms with van der Waals surface area (Å²) in [6.45, 7) is 3.68. The molecule has 6 heteroatoms. The zero-order valence-electron chi connectivity index (χ0n) is 9.47. The van der Waals surface area contributed by atoms with Crippen LogP contribution in [0, 0.1) is 10.5 Å². The number of aromatic nitrogens is 1. The first-order valence-electron chi connectivity index (χ1n) is 5.05. The molecule has 3 nitrogen and oxygen atoms in total. The summed E-state index contributed by atoms with van der Waals surface area (Å²) in [5.74, 6) is -0.399. The lowest BCUT2D eigenvalue weighted by atomic mass is 10.1. The third-order valence-electron chi connectivity index (χ3n) is 2.23. The molecule has 1 aromatic rings. The van der Waals surface area contributed by atoms with E-state index in [0.717, 1.165) is 6.20 Å². The Bertz CT molecular complexity index is 424. The molecule has 0 aromatic carbocycles. The molecule has 0 saturated heterocycles. The van der Waals surface area contributed by atoms with Crippen LogP contribution in [0.4, 0.5) is 8.78 Å². The summed E-state index contributed by atoms with van der Waals surface area (Å²) in [4.78, 5) is 15.2. The van der Waals surface area contributed by atoms with Crippen LogP contribution in [-0.2, 0) is 16.0 Å². The van der Waals surface area contributed by atoms with E-state index in [2.05, 4.69) is 4.98 Å². The predicted octanol–water partition coefficient (Wildman–Crippen LogP) is 3.04. The van der Waals surface area contributed by atoms with Crippen LogP contribution in [0.2, 0.25) is 0 Å². The van der Waals surface area contributed by atoms with Crippen LogP contribution < -0.4 is 0 Å². The number of hydrogen-bond donors (Lipinski definition) is 0. The van der Waals surface area contributed by atoms with Crippen molar-refractivity contribution in [2.24, 2.45) is 0 Å². The molecule has 0 bridgehead atoms. The van der Waals surface area contributed by atoms with Gasteiger partial charge in [-0.1, -0.05) is 0 Å². The van der Waals surface area contributed by atoms with E-state index in [-0.39, 0.29) is 12.0 Å². The summed E-state index contributed by atoms with van der Waals surface area (Å²) in [5.41, 5.74) is 0.990. The van der Waals surface area contributed by atoms with Crippen molar-refractivity contribution in [1.82, 2.24) is 4.98 Å². The van der Waals surface area contributed by atoms with E-state index in [1.54, 1.807) is 13.8 Å². The Hall–Kier alpha value is -0.790. The van der Waals surface area contributed by atoms with Crippen LogP contribution in [-0.4, -0.2) is 17.6 Å². The molecule has 0 atom stereocenters. The van der Waals surface area contributed by atoms with Gasteiger partial charge in [-0.2, -0.15) is 0 Å². The molecule has 0 aliphatic heterocycles. The third-order valence-corrected chi connectivity index (χ3v) is 3.66. The molecule has 0 unspecified atom stereocenters. The fourth-order valence-electron chi connectivity index (χ4n) is 1.32. The number of pyridine rings is 1. The van der Waals surface area contributed by atoms with Gasteiger partial charge >= 0.3 is 5.97 Å². The van der Waals surface area contributed by atoms with Gasteiger partial charge in [0, 0.05) is 15.3 Å². The molecule has 0 radical (unpaired) electrons. The van der Waals surface area contributed by atoms with Gasteiger partial charge in [-0.05, 0) is 42.0 Å². The first-order chi connectivity index (χ1) is 7.97. The van der Waals surface area contributed by atoms with Crippen LogP contribution >= 0.6 is 22.6 Å². The predicted molar refractivity (Wildman–Crippen MR) is 67.0 cm³/mol. The summed E-state index contributed by atoms with van der Waals surface area (Å²) in [6, 6.07) is 0. The van der Waals surface area contributed by atoms with Crippen molar-refractivity contribution in [2.75, 3.05) is 6.61 Å². The third kappa shape index (κ3) is 3.58. The second kappa shape index (κ2) is 6.23. The van der Waals surface area contributed by atoms with Crippen molar-refractivity contribution >= 4 is 28.6 Å². The van der Waals surface area contributed by atoms with E-state index < -0.39 is 12.4 Å². The molecule has 0 aliphatic rings. The fourth-order valence-corrected chi connectivity index (χ4v) is 2.01. The highest BCUT2D eigenvalue weighted by atomic mass is 127. The Kier molecular flexibility index (Phi) is 5.23. The first-order valence-corrected chi connectivity index (χ1v) is 6.12. The second-order valence-corrected chi connectivity index (χ2v) is 4.46. The number of carbonyl (C=O) groups excluding carboxylic acids is 1. The summed E-state index contributed by atoms with van der Waals surface area (Å²) in [7, 11) is 0. The lowest BCUT2D eigenvalue weighted by Crippen LogP contribution is -2.11. The van der Waals surface area contributed by atoms with Crippen molar-refractivity contribution in [3.05, 3.63) is 26.6 Å². The molecular weight excluding hydrogens is 343 g/mol. The Labute approximate surface area is 112 Å². The van der Waals surface area contributed by atoms with E-state index in [1.165, 1.54) is 0 Å². The van der Waals surface area contributed by atoms with E-state index in [0.29, 0.717) is 21.4 Å². The molecular formula is C11H12F2INO2. The van der Waals surface area contributed by atoms with Crippen LogP contribution in [0.5, 0.6) is 0 Å². The van der Waals surface area contributed by atoms with E-state index in [4.69, 9.17) is 4.74 Å². The standard InChI is InChI=1S/C11H12F2INO2/c1-3-17-9(16)4-8-6(2)10(14)7(5-15-8)11(12)13/h5,11H,3-4H2,1-2H3. The quantitative estimate of drug-likeness (QED) is 0.616. The maximum Gasteiger partial charge on any atom is 0.311 e. The molecule has 94 valence electrons. The van der Waals surface area contributed by atoms with Crippen LogP contribution in [0.1, 0.15) is 30.2 Å². The van der Waals surface area contributed by atoms with Crippen molar-refractivity contribution in [2.45, 2.75) is 26.7 Å². The lowest BCUT2D eigenvalue weighted by Gasteiger charge is -2.10. The summed E-state index contributed by atoms with van der Waals surface area (Å²) in [6.07, 6.45) is -1.42. The summed E-state index contributed by atoms with van der Waals surface area (Å²) in [5, 5.41) is 0. The van der Waals surface area contributed by atoms with Gasteiger partial charge in [-0.25, -0.2) is 8.78 Å². The average molecular weight is 355 g/mol. The van der Waals surface area contributed by atoms with Gasteiger partial charge in [0.1, 0.15) is 0 Å². The Balaban J connectivity index is 2.96. The number of ether oxygens (including phenoxy) is 1. The lowest BCUT2D eigenvalue weighted by molar-refractivity contribution is -0.142. The number of hydrogen-bond acceptors (Lipinski definition) is 3. The van der Waals surface area contributed by atoms with Crippen molar-refractivity contribution < 1.29 is 18.3 Å². The van der Waals surface area contributed by atoms with Crippen molar-refractivity contribution in [3.63, 3.8) is 0 Å². The molecule has 0 aliphatic carbocycles. The number of halogens is 3. The fraction of sp³-hybridized carbons (Fsp3) is 0.455. The highest BCUT2D eigenvalue weighted by molar-refractivity contribution is 14.1. The van der Waals surface area contributed by atoms with Gasteiger partial charge < -0.3 is 4.74 Å². The average Bonchev–Trinajstić information content (AvgIpc) is 2.25. The molecule has 0 fully saturated rings. The van der Waals surface area contributed by atoms with Gasteiger partial charge in [0.2, 0.25) is 0 Å². The molecule has 1 aromatic heterocycles. The summed E-state index contributed by atoms with van der Waals surface area (Å²) < 4.78 is 30.4. The van der Waals surface area contributed by atoms with E-state index in [1.807, 2.05) is 22.6 Å². The SMILES string of the molecule is CCOC(=O)Cc1ncc(C(F)F)c(I)c1C. The molecule has 1 heterocycles. The highest BCUT2D eigenvalue weighted by Crippen LogP contribution is 2.27. The molecule has 17 heavy (non-hydrogen) atoms. The number of esters is 1. The van der Waals surface area contributed by atoms with Gasteiger partial charge in [0.05, 0.1) is 18.7 Å². The molecule has 0 spiro atoms. The topological polar surface area (TPSA) is 39.2 Å². The first kappa shape index (κ1) is 14.3. The Morgan fingerprint density at radius 3 is 2.76 bits per heavy atom. The molecule has 1 rings (SSSR count). The monoisotopic (exact) mass is 355 g/mol. The Morgan fingerprint density at radius 1 is 1.59 bits per heavy atom. The van der Waals surface area contributed by atoms with Crippen LogP contribution in [0.15, 0.2) is 6.20 Å². The minimum absolute atomic E-state index is 0.0131. The van der Waals surface area contributed by atoms with Crippen molar-refractivity contribution in [1.29, 1.82) is 0 Å². The smallest absolute Gasteiger partial charge is 0.311 e. The number of alkyl halides is 2. The maximum atomic E-state index is 12.6. The molecule has 0 saturated carbocycles. The second-order valence-electron chi connectivity index (χ2n) is 3.38. The Morgan fingerprint density at radius 2 is 2.24 bits per heavy atom. The van der Waals surface area contributed by atoms with Crippen LogP contribution in [0.3, 0.4) is 0 Å². The van der Waals surface area contributed by atoms with Crippen molar-refractivity contribution in [3.8, 4) is 0 Å². The van der Waals surface area contributed by atoms with Gasteiger partial charge in [0.25, 0.3) is 6.43 Å². The normalized spacial score (nSPS) is 10.7. The van der Waals surface area contributed by atoms with Gasteiger partial charge in [-0.3, -0.25) is 9.78 Å². The number of rotatable bonds is 4. The zero-order valence-corrected chi connectivity index (χ0v) is 11.6. The highest BCUT2D eigenvalue weighted by Gasteiger charge is 2.17. The number of nitrogens with zero attached hydrogens (tertiary/aromatic N) is 1. The zero-order chi connectivity index (χ0) is 13.0. The minimum Gasteiger partial charge on any atom is -0.466 e. The largest absolute Gasteiger partial charge is 0.466 e. The van der Waals surface area contributed by atoms with Gasteiger partial charge in [-0.15, -0.1) is 0 Å². The van der Waals surface area contributed by atoms with E-state index >= 15 is 0 Å². The number of carbonyl (C=O) groups is 1. The maximum absolute atomic E-state index is 12.6. The molecule has 0 amide bonds.